The summed E-state index contributed by atoms with van der Waals surface area (Å²) in [5.41, 5.74) is 2.09. The third-order valence-electron chi connectivity index (χ3n) is 4.29. The third kappa shape index (κ3) is 3.39. The zero-order valence-corrected chi connectivity index (χ0v) is 12.8. The Morgan fingerprint density at radius 3 is 2.68 bits per heavy atom. The second-order valence-electron chi connectivity index (χ2n) is 5.99. The van der Waals surface area contributed by atoms with Crippen molar-refractivity contribution in [2.45, 2.75) is 18.9 Å². The molecule has 1 unspecified atom stereocenters. The average Bonchev–Trinajstić information content (AvgIpc) is 2.51. The Morgan fingerprint density at radius 1 is 1.18 bits per heavy atom. The largest absolute Gasteiger partial charge is 0.374 e. The summed E-state index contributed by atoms with van der Waals surface area (Å²) in [4.78, 5) is 27.7. The predicted molar refractivity (Wildman–Crippen MR) is 85.9 cm³/mol. The van der Waals surface area contributed by atoms with Crippen molar-refractivity contribution in [2.24, 2.45) is 0 Å². The van der Waals surface area contributed by atoms with Crippen LogP contribution in [0.3, 0.4) is 0 Å². The topological polar surface area (TPSA) is 64.7 Å². The molecule has 1 aromatic carbocycles. The zero-order valence-electron chi connectivity index (χ0n) is 12.8. The van der Waals surface area contributed by atoms with E-state index in [9.17, 15) is 9.59 Å². The fraction of sp³-hybridized carbons (Fsp3) is 0.500. The van der Waals surface area contributed by atoms with Crippen LogP contribution in [-0.2, 0) is 9.59 Å². The molecule has 2 fully saturated rings. The Balaban J connectivity index is 1.66. The molecule has 2 aliphatic heterocycles. The number of nitrogens with zero attached hydrogens (tertiary/aromatic N) is 2. The van der Waals surface area contributed by atoms with Crippen LogP contribution < -0.4 is 15.5 Å². The summed E-state index contributed by atoms with van der Waals surface area (Å²) in [5.74, 6) is -0.421. The molecule has 0 aliphatic carbocycles. The standard InChI is InChI=1S/C16H22N4O2/c1-19-7-9-20(10-8-19)13-4-2-3-12(11-13)17-14-5-6-15(21)18-16(14)22/h2-4,11,14,17H,5-10H2,1H3,(H,18,21,22). The van der Waals surface area contributed by atoms with E-state index < -0.39 is 0 Å². The highest BCUT2D eigenvalue weighted by atomic mass is 16.2. The minimum absolute atomic E-state index is 0.186. The van der Waals surface area contributed by atoms with Crippen molar-refractivity contribution in [2.75, 3.05) is 43.4 Å². The van der Waals surface area contributed by atoms with E-state index in [1.165, 1.54) is 5.69 Å². The number of hydrogen-bond donors (Lipinski definition) is 2. The van der Waals surface area contributed by atoms with Crippen molar-refractivity contribution < 1.29 is 9.59 Å². The van der Waals surface area contributed by atoms with Crippen LogP contribution in [0.2, 0.25) is 0 Å². The first-order valence-electron chi connectivity index (χ1n) is 7.75. The van der Waals surface area contributed by atoms with Gasteiger partial charge in [0.15, 0.2) is 0 Å². The first-order chi connectivity index (χ1) is 10.6. The molecule has 6 nitrogen and oxygen atoms in total. The molecule has 2 saturated heterocycles. The molecular weight excluding hydrogens is 280 g/mol. The van der Waals surface area contributed by atoms with Gasteiger partial charge in [-0.25, -0.2) is 0 Å². The van der Waals surface area contributed by atoms with Gasteiger partial charge in [-0.3, -0.25) is 14.9 Å². The van der Waals surface area contributed by atoms with Crippen LogP contribution in [0.4, 0.5) is 11.4 Å². The molecule has 22 heavy (non-hydrogen) atoms. The number of amides is 2. The summed E-state index contributed by atoms with van der Waals surface area (Å²) in [6.45, 7) is 4.15. The minimum atomic E-state index is -0.333. The molecule has 0 radical (unpaired) electrons. The van der Waals surface area contributed by atoms with Crippen LogP contribution in [0, 0.1) is 0 Å². The number of nitrogens with one attached hydrogen (secondary N) is 2. The summed E-state index contributed by atoms with van der Waals surface area (Å²) in [5, 5.41) is 5.61. The highest BCUT2D eigenvalue weighted by Gasteiger charge is 2.26. The molecule has 118 valence electrons. The van der Waals surface area contributed by atoms with Crippen LogP contribution in [0.1, 0.15) is 12.8 Å². The first kappa shape index (κ1) is 14.8. The Morgan fingerprint density at radius 2 is 1.95 bits per heavy atom. The van der Waals surface area contributed by atoms with E-state index in [1.807, 2.05) is 12.1 Å². The van der Waals surface area contributed by atoms with Gasteiger partial charge in [0, 0.05) is 44.0 Å². The lowest BCUT2D eigenvalue weighted by Gasteiger charge is -2.34. The molecule has 2 amide bonds. The van der Waals surface area contributed by atoms with Crippen molar-refractivity contribution in [3.63, 3.8) is 0 Å². The summed E-state index contributed by atoms with van der Waals surface area (Å²) in [7, 11) is 2.14. The molecule has 1 aromatic rings. The number of hydrogen-bond acceptors (Lipinski definition) is 5. The molecular formula is C16H22N4O2. The Kier molecular flexibility index (Phi) is 4.29. The second kappa shape index (κ2) is 6.36. The van der Waals surface area contributed by atoms with Crippen molar-refractivity contribution in [1.29, 1.82) is 0 Å². The second-order valence-corrected chi connectivity index (χ2v) is 5.99. The molecule has 2 aliphatic rings. The number of benzene rings is 1. The highest BCUT2D eigenvalue weighted by Crippen LogP contribution is 2.22. The number of anilines is 2. The van der Waals surface area contributed by atoms with Crippen molar-refractivity contribution >= 4 is 23.2 Å². The van der Waals surface area contributed by atoms with Crippen LogP contribution in [0.15, 0.2) is 24.3 Å². The van der Waals surface area contributed by atoms with Crippen LogP contribution in [-0.4, -0.2) is 56.0 Å². The van der Waals surface area contributed by atoms with Gasteiger partial charge < -0.3 is 15.1 Å². The van der Waals surface area contributed by atoms with Gasteiger partial charge >= 0.3 is 0 Å². The SMILES string of the molecule is CN1CCN(c2cccc(NC3CCC(=O)NC3=O)c2)CC1. The van der Waals surface area contributed by atoms with Crippen LogP contribution >= 0.6 is 0 Å². The van der Waals surface area contributed by atoms with Gasteiger partial charge in [0.05, 0.1) is 0 Å². The van der Waals surface area contributed by atoms with Gasteiger partial charge in [-0.1, -0.05) is 6.07 Å². The van der Waals surface area contributed by atoms with Gasteiger partial charge in [-0.15, -0.1) is 0 Å². The monoisotopic (exact) mass is 302 g/mol. The molecule has 2 N–H and O–H groups in total. The zero-order chi connectivity index (χ0) is 15.5. The summed E-state index contributed by atoms with van der Waals surface area (Å²) >= 11 is 0. The fourth-order valence-corrected chi connectivity index (χ4v) is 2.89. The van der Waals surface area contributed by atoms with Crippen LogP contribution in [0.5, 0.6) is 0 Å². The van der Waals surface area contributed by atoms with E-state index in [4.69, 9.17) is 0 Å². The molecule has 6 heteroatoms. The third-order valence-corrected chi connectivity index (χ3v) is 4.29. The van der Waals surface area contributed by atoms with Crippen LogP contribution in [0.25, 0.3) is 0 Å². The molecule has 3 rings (SSSR count). The van der Waals surface area contributed by atoms with Gasteiger partial charge in [0.25, 0.3) is 0 Å². The Hall–Kier alpha value is -2.08. The Bertz CT molecular complexity index is 567. The van der Waals surface area contributed by atoms with Gasteiger partial charge in [0.2, 0.25) is 11.8 Å². The number of likely N-dealkylation sites (N-methyl/N-ethyl adjacent to an activating group) is 1. The summed E-state index contributed by atoms with van der Waals surface area (Å²) < 4.78 is 0. The molecule has 1 atom stereocenters. The normalized spacial score (nSPS) is 23.3. The number of piperidine rings is 1. The van der Waals surface area contributed by atoms with Gasteiger partial charge in [-0.2, -0.15) is 0 Å². The molecule has 0 spiro atoms. The van der Waals surface area contributed by atoms with Gasteiger partial charge in [0.1, 0.15) is 6.04 Å². The predicted octanol–water partition coefficient (Wildman–Crippen LogP) is 0.655. The average molecular weight is 302 g/mol. The summed E-state index contributed by atoms with van der Waals surface area (Å²) in [6, 6.07) is 7.81. The minimum Gasteiger partial charge on any atom is -0.374 e. The smallest absolute Gasteiger partial charge is 0.249 e. The maximum absolute atomic E-state index is 11.8. The van der Waals surface area contributed by atoms with E-state index in [1.54, 1.807) is 0 Å². The van der Waals surface area contributed by atoms with E-state index >= 15 is 0 Å². The maximum Gasteiger partial charge on any atom is 0.249 e. The highest BCUT2D eigenvalue weighted by molar-refractivity contribution is 6.01. The molecule has 2 heterocycles. The number of piperazine rings is 1. The van der Waals surface area contributed by atoms with Crippen molar-refractivity contribution in [3.05, 3.63) is 24.3 Å². The van der Waals surface area contributed by atoms with E-state index in [2.05, 4.69) is 39.6 Å². The lowest BCUT2D eigenvalue weighted by Crippen LogP contribution is -2.47. The number of imide groups is 1. The molecule has 0 saturated carbocycles. The quantitative estimate of drug-likeness (QED) is 0.803. The lowest BCUT2D eigenvalue weighted by molar-refractivity contribution is -0.133. The first-order valence-corrected chi connectivity index (χ1v) is 7.75. The Labute approximate surface area is 130 Å². The number of carbonyl (C=O) groups excluding carboxylic acids is 2. The van der Waals surface area contributed by atoms with Gasteiger partial charge in [-0.05, 0) is 31.7 Å². The number of carbonyl (C=O) groups is 2. The van der Waals surface area contributed by atoms with Crippen molar-refractivity contribution in [3.8, 4) is 0 Å². The van der Waals surface area contributed by atoms with E-state index in [0.717, 1.165) is 31.9 Å². The van der Waals surface area contributed by atoms with Crippen molar-refractivity contribution in [1.82, 2.24) is 10.2 Å². The number of rotatable bonds is 3. The lowest BCUT2D eigenvalue weighted by atomic mass is 10.1. The van der Waals surface area contributed by atoms with E-state index in [-0.39, 0.29) is 17.9 Å². The summed E-state index contributed by atoms with van der Waals surface area (Å²) in [6.07, 6.45) is 0.935. The fourth-order valence-electron chi connectivity index (χ4n) is 2.89. The molecule has 0 aromatic heterocycles. The van der Waals surface area contributed by atoms with E-state index in [0.29, 0.717) is 12.8 Å². The maximum atomic E-state index is 11.8. The molecule has 0 bridgehead atoms.